The molecule has 0 aliphatic heterocycles. The smallest absolute Gasteiger partial charge is 0.0702 e. The summed E-state index contributed by atoms with van der Waals surface area (Å²) < 4.78 is 0. The summed E-state index contributed by atoms with van der Waals surface area (Å²) >= 11 is 0. The summed E-state index contributed by atoms with van der Waals surface area (Å²) in [6.45, 7) is 4.25. The van der Waals surface area contributed by atoms with Crippen molar-refractivity contribution in [1.29, 1.82) is 0 Å². The highest BCUT2D eigenvalue weighted by Crippen LogP contribution is 2.26. The Bertz CT molecular complexity index is 994. The molecule has 0 fully saturated rings. The Kier molecular flexibility index (Phi) is 4.37. The number of hydrogen-bond donors (Lipinski definition) is 0. The first-order chi connectivity index (χ1) is 12.7. The molecule has 0 unspecified atom stereocenters. The highest BCUT2D eigenvalue weighted by atomic mass is 14.7. The fourth-order valence-corrected chi connectivity index (χ4v) is 3.34. The standard InChI is InChI=1S/C25H21N/c1-18-14-19(2)16-24(15-18)25-13-12-23(17-26-25)22-10-8-21(9-11-22)20-6-4-3-5-7-20/h3-17H,1-2H3. The monoisotopic (exact) mass is 335 g/mol. The summed E-state index contributed by atoms with van der Waals surface area (Å²) in [5, 5.41) is 0. The molecule has 126 valence electrons. The van der Waals surface area contributed by atoms with Gasteiger partial charge in [0.1, 0.15) is 0 Å². The third-order valence-electron chi connectivity index (χ3n) is 4.61. The molecule has 0 radical (unpaired) electrons. The average Bonchev–Trinajstić information content (AvgIpc) is 2.68. The van der Waals surface area contributed by atoms with Gasteiger partial charge >= 0.3 is 0 Å². The third kappa shape index (κ3) is 3.43. The molecule has 0 aliphatic rings. The van der Waals surface area contributed by atoms with Gasteiger partial charge < -0.3 is 0 Å². The Labute approximate surface area is 155 Å². The lowest BCUT2D eigenvalue weighted by atomic mass is 10.0. The van der Waals surface area contributed by atoms with Gasteiger partial charge in [-0.2, -0.15) is 0 Å². The largest absolute Gasteiger partial charge is 0.256 e. The van der Waals surface area contributed by atoms with Crippen LogP contribution in [0.15, 0.2) is 91.1 Å². The highest BCUT2D eigenvalue weighted by molar-refractivity contribution is 5.71. The van der Waals surface area contributed by atoms with E-state index in [4.69, 9.17) is 0 Å². The lowest BCUT2D eigenvalue weighted by Crippen LogP contribution is -1.87. The summed E-state index contributed by atoms with van der Waals surface area (Å²) in [6.07, 6.45) is 1.96. The summed E-state index contributed by atoms with van der Waals surface area (Å²) in [6, 6.07) is 29.9. The molecule has 0 amide bonds. The lowest BCUT2D eigenvalue weighted by molar-refractivity contribution is 1.30. The van der Waals surface area contributed by atoms with Gasteiger partial charge in [-0.05, 0) is 48.7 Å². The van der Waals surface area contributed by atoms with Crippen molar-refractivity contribution in [3.8, 4) is 33.5 Å². The van der Waals surface area contributed by atoms with Gasteiger partial charge in [0.2, 0.25) is 0 Å². The van der Waals surface area contributed by atoms with E-state index in [-0.39, 0.29) is 0 Å². The first-order valence-electron chi connectivity index (χ1n) is 8.90. The van der Waals surface area contributed by atoms with Crippen LogP contribution in [-0.4, -0.2) is 4.98 Å². The van der Waals surface area contributed by atoms with Crippen molar-refractivity contribution < 1.29 is 0 Å². The van der Waals surface area contributed by atoms with Gasteiger partial charge in [0, 0.05) is 17.3 Å². The summed E-state index contributed by atoms with van der Waals surface area (Å²) in [7, 11) is 0. The number of benzene rings is 3. The van der Waals surface area contributed by atoms with Crippen LogP contribution in [0.3, 0.4) is 0 Å². The molecule has 0 saturated heterocycles. The number of aryl methyl sites for hydroxylation is 2. The molecular formula is C25H21N. The van der Waals surface area contributed by atoms with E-state index < -0.39 is 0 Å². The van der Waals surface area contributed by atoms with E-state index in [1.165, 1.54) is 33.4 Å². The molecule has 3 aromatic carbocycles. The summed E-state index contributed by atoms with van der Waals surface area (Å²) in [4.78, 5) is 4.69. The molecule has 1 aromatic heterocycles. The maximum atomic E-state index is 4.69. The molecule has 4 rings (SSSR count). The quantitative estimate of drug-likeness (QED) is 0.406. The van der Waals surface area contributed by atoms with Gasteiger partial charge in [0.15, 0.2) is 0 Å². The fourth-order valence-electron chi connectivity index (χ4n) is 3.34. The van der Waals surface area contributed by atoms with E-state index in [9.17, 15) is 0 Å². The first-order valence-corrected chi connectivity index (χ1v) is 8.90. The average molecular weight is 335 g/mol. The minimum absolute atomic E-state index is 1.02. The van der Waals surface area contributed by atoms with Gasteiger partial charge in [-0.15, -0.1) is 0 Å². The maximum Gasteiger partial charge on any atom is 0.0702 e. The predicted octanol–water partition coefficient (Wildman–Crippen LogP) is 6.70. The normalized spacial score (nSPS) is 10.7. The zero-order chi connectivity index (χ0) is 17.9. The Morgan fingerprint density at radius 3 is 1.62 bits per heavy atom. The molecule has 1 nitrogen and oxygen atoms in total. The summed E-state index contributed by atoms with van der Waals surface area (Å²) in [5.41, 5.74) is 9.51. The van der Waals surface area contributed by atoms with Crippen molar-refractivity contribution in [2.24, 2.45) is 0 Å². The SMILES string of the molecule is Cc1cc(C)cc(-c2ccc(-c3ccc(-c4ccccc4)cc3)cn2)c1. The predicted molar refractivity (Wildman–Crippen MR) is 110 cm³/mol. The zero-order valence-electron chi connectivity index (χ0n) is 15.1. The Hall–Kier alpha value is -3.19. The molecule has 0 spiro atoms. The molecule has 0 saturated carbocycles. The van der Waals surface area contributed by atoms with Gasteiger partial charge in [-0.25, -0.2) is 0 Å². The molecule has 1 heterocycles. The highest BCUT2D eigenvalue weighted by Gasteiger charge is 2.04. The molecule has 1 heteroatoms. The van der Waals surface area contributed by atoms with Gasteiger partial charge in [0.05, 0.1) is 5.69 Å². The number of hydrogen-bond acceptors (Lipinski definition) is 1. The second-order valence-corrected chi connectivity index (χ2v) is 6.75. The number of nitrogens with zero attached hydrogens (tertiary/aromatic N) is 1. The maximum absolute atomic E-state index is 4.69. The van der Waals surface area contributed by atoms with Crippen LogP contribution in [0.2, 0.25) is 0 Å². The van der Waals surface area contributed by atoms with Crippen LogP contribution in [-0.2, 0) is 0 Å². The molecule has 0 atom stereocenters. The second-order valence-electron chi connectivity index (χ2n) is 6.75. The van der Waals surface area contributed by atoms with Crippen molar-refractivity contribution in [3.05, 3.63) is 102 Å². The molecular weight excluding hydrogens is 314 g/mol. The van der Waals surface area contributed by atoms with Crippen molar-refractivity contribution in [2.75, 3.05) is 0 Å². The van der Waals surface area contributed by atoms with Crippen LogP contribution in [0, 0.1) is 13.8 Å². The van der Waals surface area contributed by atoms with Gasteiger partial charge in [-0.1, -0.05) is 77.9 Å². The van der Waals surface area contributed by atoms with E-state index in [0.29, 0.717) is 0 Å². The van der Waals surface area contributed by atoms with Crippen LogP contribution < -0.4 is 0 Å². The lowest BCUT2D eigenvalue weighted by Gasteiger charge is -2.07. The van der Waals surface area contributed by atoms with Crippen LogP contribution in [0.5, 0.6) is 0 Å². The van der Waals surface area contributed by atoms with E-state index in [2.05, 4.69) is 97.7 Å². The van der Waals surface area contributed by atoms with Crippen molar-refractivity contribution in [2.45, 2.75) is 13.8 Å². The van der Waals surface area contributed by atoms with Crippen LogP contribution >= 0.6 is 0 Å². The minimum atomic E-state index is 1.02. The van der Waals surface area contributed by atoms with E-state index in [1.54, 1.807) is 0 Å². The van der Waals surface area contributed by atoms with Gasteiger partial charge in [0.25, 0.3) is 0 Å². The van der Waals surface area contributed by atoms with E-state index in [0.717, 1.165) is 11.3 Å². The zero-order valence-corrected chi connectivity index (χ0v) is 15.1. The molecule has 0 N–H and O–H groups in total. The second kappa shape index (κ2) is 6.97. The fraction of sp³-hybridized carbons (Fsp3) is 0.0800. The van der Waals surface area contributed by atoms with Gasteiger partial charge in [-0.3, -0.25) is 4.98 Å². The first kappa shape index (κ1) is 16.3. The Balaban J connectivity index is 1.61. The molecule has 0 bridgehead atoms. The number of pyridine rings is 1. The van der Waals surface area contributed by atoms with Crippen LogP contribution in [0.1, 0.15) is 11.1 Å². The van der Waals surface area contributed by atoms with Crippen molar-refractivity contribution in [3.63, 3.8) is 0 Å². The third-order valence-corrected chi connectivity index (χ3v) is 4.61. The van der Waals surface area contributed by atoms with E-state index in [1.807, 2.05) is 12.3 Å². The Morgan fingerprint density at radius 1 is 0.500 bits per heavy atom. The summed E-state index contributed by atoms with van der Waals surface area (Å²) in [5.74, 6) is 0. The Morgan fingerprint density at radius 2 is 1.04 bits per heavy atom. The van der Waals surface area contributed by atoms with Crippen molar-refractivity contribution in [1.82, 2.24) is 4.98 Å². The van der Waals surface area contributed by atoms with Crippen LogP contribution in [0.4, 0.5) is 0 Å². The number of rotatable bonds is 3. The number of aromatic nitrogens is 1. The molecule has 0 aliphatic carbocycles. The molecule has 26 heavy (non-hydrogen) atoms. The molecule has 4 aromatic rings. The van der Waals surface area contributed by atoms with Crippen LogP contribution in [0.25, 0.3) is 33.5 Å². The minimum Gasteiger partial charge on any atom is -0.256 e. The topological polar surface area (TPSA) is 12.9 Å². The van der Waals surface area contributed by atoms with E-state index >= 15 is 0 Å². The van der Waals surface area contributed by atoms with Crippen molar-refractivity contribution >= 4 is 0 Å².